The molecule has 1 heterocycles. The topological polar surface area (TPSA) is 171 Å². The number of hydrogen-bond donors (Lipinski definition) is 4. The van der Waals surface area contributed by atoms with Gasteiger partial charge >= 0.3 is 6.03 Å². The van der Waals surface area contributed by atoms with Crippen molar-refractivity contribution in [3.63, 3.8) is 0 Å². The van der Waals surface area contributed by atoms with Crippen molar-refractivity contribution in [2.24, 2.45) is 22.7 Å². The van der Waals surface area contributed by atoms with Gasteiger partial charge in [0.2, 0.25) is 17.6 Å². The molecule has 1 saturated heterocycles. The van der Waals surface area contributed by atoms with Crippen molar-refractivity contribution in [3.05, 3.63) is 0 Å². The van der Waals surface area contributed by atoms with Crippen molar-refractivity contribution < 1.29 is 32.4 Å². The third-order valence-electron chi connectivity index (χ3n) is 10.5. The van der Waals surface area contributed by atoms with E-state index in [9.17, 15) is 32.4 Å². The minimum absolute atomic E-state index is 0.00791. The normalized spacial score (nSPS) is 23.8. The second-order valence-electron chi connectivity index (χ2n) is 16.6. The molecule has 4 N–H and O–H groups in total. The van der Waals surface area contributed by atoms with Crippen molar-refractivity contribution in [1.82, 2.24) is 26.2 Å². The number of likely N-dealkylation sites (tertiary alicyclic amines) is 1. The SMILES string of the molecule is C#CCCC(NC(=O)[C@@H]1[C@@H]2[C@H](CN1C(=O)[C@@H](NC(=O)NC1(CS(=O)(=O)C(C)(C)C)CCCCC1)C(C)(C)C)C2(C)C)C(=O)C(=O)NCC#C. The van der Waals surface area contributed by atoms with E-state index in [0.717, 1.165) is 19.3 Å². The van der Waals surface area contributed by atoms with Crippen LogP contribution in [-0.2, 0) is 29.0 Å². The number of carbonyl (C=O) groups is 5. The number of terminal acetylenes is 2. The van der Waals surface area contributed by atoms with Gasteiger partial charge in [0.25, 0.3) is 5.91 Å². The number of fused-ring (bicyclic) bond motifs is 1. The van der Waals surface area contributed by atoms with Crippen LogP contribution in [0.1, 0.15) is 100 Å². The first kappa shape index (κ1) is 39.9. The van der Waals surface area contributed by atoms with Gasteiger partial charge in [0.15, 0.2) is 9.84 Å². The van der Waals surface area contributed by atoms with Crippen molar-refractivity contribution in [3.8, 4) is 24.7 Å². The van der Waals surface area contributed by atoms with Gasteiger partial charge in [-0.15, -0.1) is 18.8 Å². The van der Waals surface area contributed by atoms with Crippen LogP contribution in [0.5, 0.6) is 0 Å². The first-order valence-electron chi connectivity index (χ1n) is 17.1. The molecule has 1 unspecified atom stereocenters. The van der Waals surface area contributed by atoms with E-state index in [1.54, 1.807) is 41.5 Å². The third-order valence-corrected chi connectivity index (χ3v) is 13.3. The summed E-state index contributed by atoms with van der Waals surface area (Å²) in [6.45, 7) is 14.5. The van der Waals surface area contributed by atoms with Gasteiger partial charge in [-0.3, -0.25) is 19.2 Å². The molecule has 3 fully saturated rings. The molecule has 0 bridgehead atoms. The molecule has 5 amide bonds. The molecule has 272 valence electrons. The van der Waals surface area contributed by atoms with Crippen LogP contribution >= 0.6 is 0 Å². The molecule has 2 saturated carbocycles. The summed E-state index contributed by atoms with van der Waals surface area (Å²) < 4.78 is 25.6. The molecule has 0 aromatic heterocycles. The number of ketones is 1. The number of carbonyl (C=O) groups excluding carboxylic acids is 5. The van der Waals surface area contributed by atoms with Gasteiger partial charge in [-0.05, 0) is 62.7 Å². The largest absolute Gasteiger partial charge is 0.344 e. The van der Waals surface area contributed by atoms with E-state index in [-0.39, 0.29) is 48.9 Å². The molecule has 3 aliphatic rings. The smallest absolute Gasteiger partial charge is 0.315 e. The lowest BCUT2D eigenvalue weighted by atomic mass is 9.83. The van der Waals surface area contributed by atoms with E-state index in [1.807, 2.05) is 13.8 Å². The maximum atomic E-state index is 14.4. The molecular formula is C36H55N5O7S. The van der Waals surface area contributed by atoms with E-state index in [1.165, 1.54) is 4.90 Å². The van der Waals surface area contributed by atoms with Crippen molar-refractivity contribution in [2.45, 2.75) is 129 Å². The molecule has 0 radical (unpaired) electrons. The number of sulfone groups is 1. The molecule has 3 rings (SSSR count). The average molecular weight is 702 g/mol. The minimum Gasteiger partial charge on any atom is -0.344 e. The van der Waals surface area contributed by atoms with Crippen LogP contribution in [0.2, 0.25) is 0 Å². The minimum atomic E-state index is -3.58. The van der Waals surface area contributed by atoms with Crippen LogP contribution in [0, 0.1) is 47.4 Å². The Balaban J connectivity index is 1.87. The number of nitrogens with zero attached hydrogens (tertiary/aromatic N) is 1. The Hall–Kier alpha value is -3.58. The average Bonchev–Trinajstić information content (AvgIpc) is 3.30. The maximum absolute atomic E-state index is 14.4. The lowest BCUT2D eigenvalue weighted by Crippen LogP contribution is -2.64. The van der Waals surface area contributed by atoms with E-state index in [0.29, 0.717) is 12.8 Å². The van der Waals surface area contributed by atoms with Crippen molar-refractivity contribution >= 4 is 39.4 Å². The fourth-order valence-corrected chi connectivity index (χ4v) is 8.80. The van der Waals surface area contributed by atoms with E-state index in [4.69, 9.17) is 12.8 Å². The zero-order valence-electron chi connectivity index (χ0n) is 30.3. The number of nitrogens with one attached hydrogen (secondary N) is 4. The molecular weight excluding hydrogens is 646 g/mol. The Morgan fingerprint density at radius 3 is 2.08 bits per heavy atom. The predicted octanol–water partition coefficient (Wildman–Crippen LogP) is 2.32. The molecule has 0 aromatic carbocycles. The summed E-state index contributed by atoms with van der Waals surface area (Å²) in [5, 5.41) is 10.8. The Morgan fingerprint density at radius 1 is 0.939 bits per heavy atom. The fraction of sp³-hybridized carbons (Fsp3) is 0.750. The summed E-state index contributed by atoms with van der Waals surface area (Å²) in [4.78, 5) is 69.0. The molecule has 0 aromatic rings. The lowest BCUT2D eigenvalue weighted by molar-refractivity contribution is -0.145. The fourth-order valence-electron chi connectivity index (χ4n) is 7.28. The quantitative estimate of drug-likeness (QED) is 0.179. The summed E-state index contributed by atoms with van der Waals surface area (Å²) in [5.41, 5.74) is -2.03. The second-order valence-corrected chi connectivity index (χ2v) is 19.3. The van der Waals surface area contributed by atoms with Crippen LogP contribution in [-0.4, -0.2) is 90.1 Å². The summed E-state index contributed by atoms with van der Waals surface area (Å²) in [6, 6.07) is -3.91. The first-order valence-corrected chi connectivity index (χ1v) is 18.8. The standard InChI is InChI=1S/C36H55N5O7S/c1-11-13-17-24(27(42)30(44)37-20-12-2)38-29(43)26-25-23(35(25,9)10)21-41(26)31(45)28(33(3,4)5)39-32(46)40-36(18-15-14-16-19-36)22-49(47,48)34(6,7)8/h1-2,23-26,28H,13-22H2,3-10H3,(H,37,44)(H,38,43)(H2,39,40,46)/t23-,24?,25-,26-,28+/m0/s1. The highest BCUT2D eigenvalue weighted by molar-refractivity contribution is 7.92. The predicted molar refractivity (Wildman–Crippen MR) is 187 cm³/mol. The van der Waals surface area contributed by atoms with Crippen molar-refractivity contribution in [1.29, 1.82) is 0 Å². The van der Waals surface area contributed by atoms with Crippen LogP contribution in [0.3, 0.4) is 0 Å². The van der Waals surface area contributed by atoms with Crippen LogP contribution < -0.4 is 21.3 Å². The molecule has 5 atom stereocenters. The summed E-state index contributed by atoms with van der Waals surface area (Å²) in [7, 11) is -3.58. The highest BCUT2D eigenvalue weighted by Gasteiger charge is 2.70. The summed E-state index contributed by atoms with van der Waals surface area (Å²) in [5.74, 6) is 1.35. The van der Waals surface area contributed by atoms with Crippen LogP contribution in [0.15, 0.2) is 0 Å². The van der Waals surface area contributed by atoms with Crippen LogP contribution in [0.25, 0.3) is 0 Å². The van der Waals surface area contributed by atoms with Gasteiger partial charge in [0.05, 0.1) is 28.6 Å². The molecule has 2 aliphatic carbocycles. The maximum Gasteiger partial charge on any atom is 0.315 e. The second kappa shape index (κ2) is 14.7. The molecule has 12 nitrogen and oxygen atoms in total. The molecule has 13 heteroatoms. The van der Waals surface area contributed by atoms with E-state index < -0.39 is 73.2 Å². The molecule has 1 aliphatic heterocycles. The Bertz CT molecular complexity index is 1500. The van der Waals surface area contributed by atoms with Gasteiger partial charge in [-0.25, -0.2) is 13.2 Å². The Kier molecular flexibility index (Phi) is 12.0. The molecule has 0 spiro atoms. The highest BCUT2D eigenvalue weighted by atomic mass is 32.2. The first-order chi connectivity index (χ1) is 22.5. The number of hydrogen-bond acceptors (Lipinski definition) is 7. The zero-order valence-corrected chi connectivity index (χ0v) is 31.1. The summed E-state index contributed by atoms with van der Waals surface area (Å²) >= 11 is 0. The van der Waals surface area contributed by atoms with Gasteiger partial charge in [-0.2, -0.15) is 0 Å². The lowest BCUT2D eigenvalue weighted by Gasteiger charge is -2.41. The van der Waals surface area contributed by atoms with E-state index in [2.05, 4.69) is 33.1 Å². The number of amides is 5. The van der Waals surface area contributed by atoms with Crippen molar-refractivity contribution in [2.75, 3.05) is 18.8 Å². The third kappa shape index (κ3) is 8.97. The number of Topliss-reactive ketones (excluding diaryl/α,β-unsaturated/α-hetero) is 1. The number of piperidine rings is 1. The number of rotatable bonds is 12. The zero-order chi connectivity index (χ0) is 37.2. The van der Waals surface area contributed by atoms with Crippen LogP contribution in [0.4, 0.5) is 4.79 Å². The van der Waals surface area contributed by atoms with E-state index >= 15 is 0 Å². The molecule has 49 heavy (non-hydrogen) atoms. The Morgan fingerprint density at radius 2 is 1.55 bits per heavy atom. The van der Waals surface area contributed by atoms with Gasteiger partial charge in [0, 0.05) is 13.0 Å². The Labute approximate surface area is 292 Å². The van der Waals surface area contributed by atoms with Gasteiger partial charge < -0.3 is 26.2 Å². The van der Waals surface area contributed by atoms with Gasteiger partial charge in [0.1, 0.15) is 12.1 Å². The summed E-state index contributed by atoms with van der Waals surface area (Å²) in [6.07, 6.45) is 14.2. The monoisotopic (exact) mass is 701 g/mol. The number of urea groups is 1. The van der Waals surface area contributed by atoms with Gasteiger partial charge in [-0.1, -0.05) is 59.8 Å². The highest BCUT2D eigenvalue weighted by Crippen LogP contribution is 2.65.